The highest BCUT2D eigenvalue weighted by Gasteiger charge is 2.37. The van der Waals surface area contributed by atoms with Crippen LogP contribution in [0.15, 0.2) is 42.5 Å². The molecular weight excluding hydrogens is 345 g/mol. The molecule has 0 aliphatic heterocycles. The first-order valence-corrected chi connectivity index (χ1v) is 8.11. The van der Waals surface area contributed by atoms with Gasteiger partial charge in [-0.3, -0.25) is 0 Å². The summed E-state index contributed by atoms with van der Waals surface area (Å²) in [6, 6.07) is 13.1. The summed E-state index contributed by atoms with van der Waals surface area (Å²) < 4.78 is 39.5. The largest absolute Gasteiger partial charge is 0.453 e. The third-order valence-electron chi connectivity index (χ3n) is 3.79. The van der Waals surface area contributed by atoms with E-state index in [1.165, 1.54) is 11.6 Å². The summed E-state index contributed by atoms with van der Waals surface area (Å²) in [5, 5.41) is 13.8. The number of nitrogens with zero attached hydrogens (tertiary/aromatic N) is 5. The highest BCUT2D eigenvalue weighted by atomic mass is 19.4. The fourth-order valence-corrected chi connectivity index (χ4v) is 2.77. The summed E-state index contributed by atoms with van der Waals surface area (Å²) in [5.74, 6) is -0.798. The molecule has 3 rings (SSSR count). The van der Waals surface area contributed by atoms with Gasteiger partial charge in [-0.2, -0.15) is 17.7 Å². The summed E-state index contributed by atoms with van der Waals surface area (Å²) >= 11 is 0. The molecule has 1 N–H and O–H groups in total. The number of likely N-dealkylation sites (N-methyl/N-ethyl adjacent to an activating group) is 1. The predicted molar refractivity (Wildman–Crippen MR) is 91.6 cm³/mol. The lowest BCUT2D eigenvalue weighted by Crippen LogP contribution is -2.32. The van der Waals surface area contributed by atoms with Crippen molar-refractivity contribution < 1.29 is 13.2 Å². The van der Waals surface area contributed by atoms with Crippen molar-refractivity contribution in [3.63, 3.8) is 0 Å². The van der Waals surface area contributed by atoms with Crippen LogP contribution in [0.3, 0.4) is 0 Å². The number of hydrogen-bond acceptors (Lipinski definition) is 5. The Morgan fingerprint density at radius 2 is 1.85 bits per heavy atom. The number of rotatable bonds is 6. The summed E-state index contributed by atoms with van der Waals surface area (Å²) in [5.41, 5.74) is 1.25. The van der Waals surface area contributed by atoms with Crippen LogP contribution < -0.4 is 5.32 Å². The van der Waals surface area contributed by atoms with Crippen LogP contribution in [-0.4, -0.2) is 44.3 Å². The number of anilines is 1. The van der Waals surface area contributed by atoms with E-state index in [0.717, 1.165) is 6.54 Å². The molecule has 9 heteroatoms. The third kappa shape index (κ3) is 4.29. The molecule has 0 saturated carbocycles. The quantitative estimate of drug-likeness (QED) is 0.728. The first-order chi connectivity index (χ1) is 12.3. The van der Waals surface area contributed by atoms with Crippen LogP contribution in [0.2, 0.25) is 0 Å². The van der Waals surface area contributed by atoms with Gasteiger partial charge in [0.15, 0.2) is 5.65 Å². The molecule has 26 heavy (non-hydrogen) atoms. The lowest BCUT2D eigenvalue weighted by molar-refractivity contribution is -0.146. The SMILES string of the molecule is CC(CN(C)Cc1ccccc1)Nc1ccc2nnc(C(F)(F)F)n2n1. The Morgan fingerprint density at radius 1 is 1.12 bits per heavy atom. The molecular formula is C17H19F3N6. The highest BCUT2D eigenvalue weighted by Crippen LogP contribution is 2.27. The molecule has 0 saturated heterocycles. The first-order valence-electron chi connectivity index (χ1n) is 8.11. The summed E-state index contributed by atoms with van der Waals surface area (Å²) in [7, 11) is 1.99. The fourth-order valence-electron chi connectivity index (χ4n) is 2.77. The minimum atomic E-state index is -4.60. The Hall–Kier alpha value is -2.68. The number of nitrogens with one attached hydrogen (secondary N) is 1. The predicted octanol–water partition coefficient (Wildman–Crippen LogP) is 3.08. The van der Waals surface area contributed by atoms with Crippen molar-refractivity contribution >= 4 is 11.5 Å². The smallest absolute Gasteiger partial charge is 0.365 e. The van der Waals surface area contributed by atoms with Crippen molar-refractivity contribution in [1.82, 2.24) is 24.7 Å². The topological polar surface area (TPSA) is 58.3 Å². The average Bonchev–Trinajstić information content (AvgIpc) is 2.98. The van der Waals surface area contributed by atoms with Gasteiger partial charge in [-0.15, -0.1) is 15.3 Å². The summed E-state index contributed by atoms with van der Waals surface area (Å²) in [6.45, 7) is 3.43. The van der Waals surface area contributed by atoms with Crippen LogP contribution in [0.1, 0.15) is 18.3 Å². The van der Waals surface area contributed by atoms with Crippen LogP contribution in [0, 0.1) is 0 Å². The van der Waals surface area contributed by atoms with Crippen molar-refractivity contribution in [2.45, 2.75) is 25.7 Å². The lowest BCUT2D eigenvalue weighted by Gasteiger charge is -2.22. The Balaban J connectivity index is 1.66. The zero-order chi connectivity index (χ0) is 18.7. The van der Waals surface area contributed by atoms with Gasteiger partial charge in [0.25, 0.3) is 5.82 Å². The van der Waals surface area contributed by atoms with Crippen LogP contribution in [0.5, 0.6) is 0 Å². The summed E-state index contributed by atoms with van der Waals surface area (Å²) in [6.07, 6.45) is -4.60. The molecule has 2 aromatic heterocycles. The fraction of sp³-hybridized carbons (Fsp3) is 0.353. The molecule has 0 bridgehead atoms. The van der Waals surface area contributed by atoms with E-state index < -0.39 is 12.0 Å². The maximum Gasteiger partial charge on any atom is 0.453 e. The van der Waals surface area contributed by atoms with Gasteiger partial charge in [0.1, 0.15) is 5.82 Å². The van der Waals surface area contributed by atoms with E-state index in [2.05, 4.69) is 37.6 Å². The second-order valence-corrected chi connectivity index (χ2v) is 6.24. The van der Waals surface area contributed by atoms with Gasteiger partial charge in [0.05, 0.1) is 0 Å². The third-order valence-corrected chi connectivity index (χ3v) is 3.79. The molecule has 138 valence electrons. The highest BCUT2D eigenvalue weighted by molar-refractivity contribution is 5.44. The maximum atomic E-state index is 12.9. The number of benzene rings is 1. The van der Waals surface area contributed by atoms with Crippen LogP contribution >= 0.6 is 0 Å². The standard InChI is InChI=1S/C17H19F3N6/c1-12(10-25(2)11-13-6-4-3-5-7-13)21-14-8-9-15-22-23-16(17(18,19)20)26(15)24-14/h3-9,12H,10-11H2,1-2H3,(H,21,24). The van der Waals surface area contributed by atoms with E-state index in [9.17, 15) is 13.2 Å². The Morgan fingerprint density at radius 3 is 2.54 bits per heavy atom. The first kappa shape index (κ1) is 18.1. The van der Waals surface area contributed by atoms with E-state index in [0.29, 0.717) is 16.9 Å². The van der Waals surface area contributed by atoms with Crippen LogP contribution in [0.25, 0.3) is 5.65 Å². The van der Waals surface area contributed by atoms with E-state index in [4.69, 9.17) is 0 Å². The Labute approximate surface area is 148 Å². The average molecular weight is 364 g/mol. The second-order valence-electron chi connectivity index (χ2n) is 6.24. The van der Waals surface area contributed by atoms with Crippen LogP contribution in [-0.2, 0) is 12.7 Å². The van der Waals surface area contributed by atoms with E-state index in [-0.39, 0.29) is 11.7 Å². The van der Waals surface area contributed by atoms with E-state index >= 15 is 0 Å². The molecule has 2 heterocycles. The van der Waals surface area contributed by atoms with Crippen molar-refractivity contribution in [1.29, 1.82) is 0 Å². The minimum absolute atomic E-state index is 0.0144. The summed E-state index contributed by atoms with van der Waals surface area (Å²) in [4.78, 5) is 2.13. The van der Waals surface area contributed by atoms with Gasteiger partial charge in [-0.05, 0) is 31.7 Å². The molecule has 1 unspecified atom stereocenters. The molecule has 0 aliphatic rings. The molecule has 0 radical (unpaired) electrons. The number of halogens is 3. The van der Waals surface area contributed by atoms with E-state index in [1.807, 2.05) is 32.2 Å². The molecule has 0 fully saturated rings. The molecule has 6 nitrogen and oxygen atoms in total. The van der Waals surface area contributed by atoms with Gasteiger partial charge < -0.3 is 10.2 Å². The normalized spacial score (nSPS) is 13.3. The Bertz CT molecular complexity index is 862. The van der Waals surface area contributed by atoms with E-state index in [1.54, 1.807) is 6.07 Å². The van der Waals surface area contributed by atoms with Crippen molar-refractivity contribution in [3.8, 4) is 0 Å². The zero-order valence-electron chi connectivity index (χ0n) is 14.4. The Kier molecular flexibility index (Phi) is 5.08. The van der Waals surface area contributed by atoms with Crippen molar-refractivity contribution in [3.05, 3.63) is 53.9 Å². The molecule has 0 amide bonds. The minimum Gasteiger partial charge on any atom is -0.365 e. The number of fused-ring (bicyclic) bond motifs is 1. The second kappa shape index (κ2) is 7.28. The number of aromatic nitrogens is 4. The van der Waals surface area contributed by atoms with Gasteiger partial charge in [0.2, 0.25) is 0 Å². The van der Waals surface area contributed by atoms with Gasteiger partial charge in [0, 0.05) is 19.1 Å². The van der Waals surface area contributed by atoms with Gasteiger partial charge in [-0.25, -0.2) is 0 Å². The lowest BCUT2D eigenvalue weighted by atomic mass is 10.2. The van der Waals surface area contributed by atoms with Crippen molar-refractivity contribution in [2.24, 2.45) is 0 Å². The maximum absolute atomic E-state index is 12.9. The molecule has 1 aromatic carbocycles. The molecule has 1 atom stereocenters. The molecule has 0 spiro atoms. The molecule has 0 aliphatic carbocycles. The molecule has 3 aromatic rings. The van der Waals surface area contributed by atoms with Crippen molar-refractivity contribution in [2.75, 3.05) is 18.9 Å². The van der Waals surface area contributed by atoms with Gasteiger partial charge in [-0.1, -0.05) is 30.3 Å². The van der Waals surface area contributed by atoms with Crippen LogP contribution in [0.4, 0.5) is 19.0 Å². The monoisotopic (exact) mass is 364 g/mol. The number of hydrogen-bond donors (Lipinski definition) is 1. The number of alkyl halides is 3. The zero-order valence-corrected chi connectivity index (χ0v) is 14.4. The van der Waals surface area contributed by atoms with Gasteiger partial charge >= 0.3 is 6.18 Å².